The monoisotopic (exact) mass is 279 g/mol. The fraction of sp³-hybridized carbons (Fsp3) is 0.0833. The number of hydrogen-bond acceptors (Lipinski definition) is 5. The average molecular weight is 280 g/mol. The third-order valence-electron chi connectivity index (χ3n) is 2.32. The number of carbonyl (C=O) groups is 1. The molecule has 0 aliphatic rings. The van der Waals surface area contributed by atoms with Crippen LogP contribution in [-0.4, -0.2) is 28.4 Å². The molecule has 0 aliphatic heterocycles. The van der Waals surface area contributed by atoms with E-state index in [4.69, 9.17) is 21.4 Å². The minimum atomic E-state index is -1.16. The lowest BCUT2D eigenvalue weighted by molar-refractivity contribution is 0.0696. The minimum absolute atomic E-state index is 0.109. The molecule has 1 heterocycles. The van der Waals surface area contributed by atoms with E-state index in [0.29, 0.717) is 11.4 Å². The van der Waals surface area contributed by atoms with Crippen molar-refractivity contribution in [3.63, 3.8) is 0 Å². The first kappa shape index (κ1) is 13.1. The molecule has 2 rings (SSSR count). The summed E-state index contributed by atoms with van der Waals surface area (Å²) in [5, 5.41) is 19.1. The van der Waals surface area contributed by atoms with Crippen LogP contribution in [0.25, 0.3) is 0 Å². The highest BCUT2D eigenvalue weighted by atomic mass is 35.5. The number of anilines is 2. The highest BCUT2D eigenvalue weighted by molar-refractivity contribution is 6.32. The fourth-order valence-electron chi connectivity index (χ4n) is 1.44. The second-order valence-electron chi connectivity index (χ2n) is 3.60. The molecular formula is C12H10ClN3O3. The van der Waals surface area contributed by atoms with Crippen LogP contribution in [-0.2, 0) is 0 Å². The third-order valence-corrected chi connectivity index (χ3v) is 2.60. The third kappa shape index (κ3) is 3.11. The standard InChI is InChI=1S/C12H10ClN3O3/c1-19-8-4-2-3-7(5-8)14-10-6-9(12(17)18)11(13)16-15-10/h2-6H,1H3,(H,14,15)(H,17,18). The highest BCUT2D eigenvalue weighted by Gasteiger charge is 2.12. The number of halogens is 1. The lowest BCUT2D eigenvalue weighted by Crippen LogP contribution is -2.03. The van der Waals surface area contributed by atoms with E-state index in [-0.39, 0.29) is 16.5 Å². The molecule has 0 radical (unpaired) electrons. The zero-order chi connectivity index (χ0) is 13.8. The van der Waals surface area contributed by atoms with Crippen molar-refractivity contribution in [3.05, 3.63) is 41.0 Å². The highest BCUT2D eigenvalue weighted by Crippen LogP contribution is 2.22. The summed E-state index contributed by atoms with van der Waals surface area (Å²) in [4.78, 5) is 10.9. The van der Waals surface area contributed by atoms with Crippen LogP contribution in [0, 0.1) is 0 Å². The van der Waals surface area contributed by atoms with Crippen molar-refractivity contribution >= 4 is 29.1 Å². The maximum Gasteiger partial charge on any atom is 0.339 e. The first-order valence-electron chi connectivity index (χ1n) is 5.28. The fourth-order valence-corrected chi connectivity index (χ4v) is 1.61. The van der Waals surface area contributed by atoms with E-state index in [2.05, 4.69) is 15.5 Å². The summed E-state index contributed by atoms with van der Waals surface area (Å²) < 4.78 is 5.08. The Kier molecular flexibility index (Phi) is 3.82. The van der Waals surface area contributed by atoms with Crippen molar-refractivity contribution in [2.24, 2.45) is 0 Å². The Morgan fingerprint density at radius 3 is 2.84 bits per heavy atom. The first-order chi connectivity index (χ1) is 9.10. The number of carboxylic acid groups (broad SMARTS) is 1. The Labute approximate surface area is 114 Å². The van der Waals surface area contributed by atoms with Crippen molar-refractivity contribution in [1.29, 1.82) is 0 Å². The van der Waals surface area contributed by atoms with Crippen LogP contribution in [0.2, 0.25) is 5.15 Å². The summed E-state index contributed by atoms with van der Waals surface area (Å²) in [6, 6.07) is 8.44. The maximum atomic E-state index is 10.9. The van der Waals surface area contributed by atoms with Crippen LogP contribution >= 0.6 is 11.6 Å². The molecule has 0 saturated carbocycles. The number of benzene rings is 1. The number of rotatable bonds is 4. The van der Waals surface area contributed by atoms with Gasteiger partial charge >= 0.3 is 5.97 Å². The summed E-state index contributed by atoms with van der Waals surface area (Å²) in [6.07, 6.45) is 0. The summed E-state index contributed by atoms with van der Waals surface area (Å²) in [5.74, 6) is -0.200. The Bertz CT molecular complexity index is 619. The van der Waals surface area contributed by atoms with Gasteiger partial charge in [-0.25, -0.2) is 4.79 Å². The average Bonchev–Trinajstić information content (AvgIpc) is 2.41. The molecule has 0 saturated heterocycles. The van der Waals surface area contributed by atoms with Gasteiger partial charge in [-0.3, -0.25) is 0 Å². The van der Waals surface area contributed by atoms with E-state index < -0.39 is 5.97 Å². The first-order valence-corrected chi connectivity index (χ1v) is 5.65. The van der Waals surface area contributed by atoms with Gasteiger partial charge in [-0.1, -0.05) is 17.7 Å². The number of carboxylic acids is 1. The molecule has 0 spiro atoms. The number of hydrogen-bond donors (Lipinski definition) is 2. The molecule has 1 aromatic heterocycles. The van der Waals surface area contributed by atoms with Crippen LogP contribution < -0.4 is 10.1 Å². The number of nitrogens with one attached hydrogen (secondary N) is 1. The van der Waals surface area contributed by atoms with E-state index in [9.17, 15) is 4.79 Å². The van der Waals surface area contributed by atoms with E-state index in [1.807, 2.05) is 0 Å². The quantitative estimate of drug-likeness (QED) is 0.895. The van der Waals surface area contributed by atoms with Gasteiger partial charge in [-0.05, 0) is 12.1 Å². The molecule has 7 heteroatoms. The van der Waals surface area contributed by atoms with Crippen molar-refractivity contribution in [1.82, 2.24) is 10.2 Å². The number of ether oxygens (including phenoxy) is 1. The van der Waals surface area contributed by atoms with Gasteiger partial charge in [-0.2, -0.15) is 0 Å². The van der Waals surface area contributed by atoms with Crippen LogP contribution in [0.15, 0.2) is 30.3 Å². The minimum Gasteiger partial charge on any atom is -0.497 e. The van der Waals surface area contributed by atoms with Gasteiger partial charge in [0.25, 0.3) is 0 Å². The number of aromatic nitrogens is 2. The van der Waals surface area contributed by atoms with E-state index in [0.717, 1.165) is 0 Å². The Morgan fingerprint density at radius 2 is 2.16 bits per heavy atom. The number of methoxy groups -OCH3 is 1. The van der Waals surface area contributed by atoms with Crippen LogP contribution in [0.1, 0.15) is 10.4 Å². The van der Waals surface area contributed by atoms with Gasteiger partial charge in [-0.15, -0.1) is 10.2 Å². The Hall–Kier alpha value is -2.34. The summed E-state index contributed by atoms with van der Waals surface area (Å²) in [7, 11) is 1.56. The van der Waals surface area contributed by atoms with Gasteiger partial charge in [0.05, 0.1) is 7.11 Å². The normalized spacial score (nSPS) is 10.0. The lowest BCUT2D eigenvalue weighted by atomic mass is 10.3. The van der Waals surface area contributed by atoms with E-state index in [1.54, 1.807) is 31.4 Å². The second kappa shape index (κ2) is 5.53. The molecule has 0 unspecified atom stereocenters. The van der Waals surface area contributed by atoms with Gasteiger partial charge in [0.2, 0.25) is 0 Å². The topological polar surface area (TPSA) is 84.3 Å². The number of aromatic carboxylic acids is 1. The van der Waals surface area contributed by atoms with Crippen molar-refractivity contribution in [2.45, 2.75) is 0 Å². The Morgan fingerprint density at radius 1 is 1.37 bits per heavy atom. The molecule has 2 aromatic rings. The molecule has 0 atom stereocenters. The van der Waals surface area contributed by atoms with Gasteiger partial charge in [0.15, 0.2) is 11.0 Å². The molecule has 98 valence electrons. The SMILES string of the molecule is COc1cccc(Nc2cc(C(=O)O)c(Cl)nn2)c1. The van der Waals surface area contributed by atoms with Crippen molar-refractivity contribution < 1.29 is 14.6 Å². The summed E-state index contributed by atoms with van der Waals surface area (Å²) in [5.41, 5.74) is 0.592. The van der Waals surface area contributed by atoms with Crippen molar-refractivity contribution in [3.8, 4) is 5.75 Å². The molecule has 0 amide bonds. The van der Waals surface area contributed by atoms with E-state index >= 15 is 0 Å². The van der Waals surface area contributed by atoms with Crippen LogP contribution in [0.3, 0.4) is 0 Å². The predicted molar refractivity (Wildman–Crippen MR) is 70.3 cm³/mol. The Balaban J connectivity index is 2.28. The second-order valence-corrected chi connectivity index (χ2v) is 3.95. The van der Waals surface area contributed by atoms with E-state index in [1.165, 1.54) is 6.07 Å². The molecule has 6 nitrogen and oxygen atoms in total. The molecule has 2 N–H and O–H groups in total. The molecule has 0 bridgehead atoms. The maximum absolute atomic E-state index is 10.9. The summed E-state index contributed by atoms with van der Waals surface area (Å²) in [6.45, 7) is 0. The number of nitrogens with zero attached hydrogens (tertiary/aromatic N) is 2. The van der Waals surface area contributed by atoms with Gasteiger partial charge in [0.1, 0.15) is 11.3 Å². The summed E-state index contributed by atoms with van der Waals surface area (Å²) >= 11 is 5.64. The zero-order valence-corrected chi connectivity index (χ0v) is 10.7. The predicted octanol–water partition coefficient (Wildman–Crippen LogP) is 2.58. The smallest absolute Gasteiger partial charge is 0.339 e. The van der Waals surface area contributed by atoms with Crippen LogP contribution in [0.5, 0.6) is 5.75 Å². The van der Waals surface area contributed by atoms with Gasteiger partial charge < -0.3 is 15.2 Å². The van der Waals surface area contributed by atoms with Crippen LogP contribution in [0.4, 0.5) is 11.5 Å². The molecule has 0 aliphatic carbocycles. The lowest BCUT2D eigenvalue weighted by Gasteiger charge is -2.07. The molecular weight excluding hydrogens is 270 g/mol. The largest absolute Gasteiger partial charge is 0.497 e. The zero-order valence-electron chi connectivity index (χ0n) is 9.92. The molecule has 1 aromatic carbocycles. The van der Waals surface area contributed by atoms with Gasteiger partial charge in [0, 0.05) is 17.8 Å². The molecule has 0 fully saturated rings. The molecule has 19 heavy (non-hydrogen) atoms. The van der Waals surface area contributed by atoms with Crippen molar-refractivity contribution in [2.75, 3.05) is 12.4 Å².